The van der Waals surface area contributed by atoms with Crippen molar-refractivity contribution in [3.63, 3.8) is 0 Å². The van der Waals surface area contributed by atoms with Crippen molar-refractivity contribution in [2.75, 3.05) is 13.7 Å². The minimum Gasteiger partial charge on any atom is -0.377 e. The highest BCUT2D eigenvalue weighted by atomic mass is 32.1. The van der Waals surface area contributed by atoms with Crippen molar-refractivity contribution in [3.8, 4) is 0 Å². The molecule has 108 valence electrons. The summed E-state index contributed by atoms with van der Waals surface area (Å²) >= 11 is 1.83. The van der Waals surface area contributed by atoms with Crippen molar-refractivity contribution in [2.24, 2.45) is 0 Å². The van der Waals surface area contributed by atoms with E-state index in [-0.39, 0.29) is 5.60 Å². The molecule has 4 heteroatoms. The summed E-state index contributed by atoms with van der Waals surface area (Å²) in [5.41, 5.74) is 1.22. The van der Waals surface area contributed by atoms with Crippen molar-refractivity contribution in [1.82, 2.24) is 10.3 Å². The lowest BCUT2D eigenvalue weighted by Gasteiger charge is -2.46. The van der Waals surface area contributed by atoms with Gasteiger partial charge in [0.25, 0.3) is 0 Å². The lowest BCUT2D eigenvalue weighted by atomic mass is 9.73. The summed E-state index contributed by atoms with van der Waals surface area (Å²) in [6.07, 6.45) is 5.79. The molecule has 3 nitrogen and oxygen atoms in total. The van der Waals surface area contributed by atoms with Gasteiger partial charge in [-0.2, -0.15) is 0 Å². The van der Waals surface area contributed by atoms with Crippen molar-refractivity contribution >= 4 is 11.3 Å². The van der Waals surface area contributed by atoms with Crippen LogP contribution in [0.1, 0.15) is 48.2 Å². The molecule has 1 heterocycles. The summed E-state index contributed by atoms with van der Waals surface area (Å²) in [7, 11) is 1.86. The molecule has 0 spiro atoms. The van der Waals surface area contributed by atoms with E-state index in [4.69, 9.17) is 4.74 Å². The Balaban J connectivity index is 2.09. The molecule has 0 aliphatic heterocycles. The van der Waals surface area contributed by atoms with Crippen LogP contribution in [0, 0.1) is 13.8 Å². The predicted molar refractivity (Wildman–Crippen MR) is 81.0 cm³/mol. The van der Waals surface area contributed by atoms with Crippen LogP contribution < -0.4 is 5.32 Å². The molecule has 19 heavy (non-hydrogen) atoms. The van der Waals surface area contributed by atoms with Gasteiger partial charge in [-0.3, -0.25) is 0 Å². The first-order valence-electron chi connectivity index (χ1n) is 7.32. The number of rotatable bonds is 7. The Hall–Kier alpha value is -0.450. The molecule has 0 bridgehead atoms. The number of nitrogens with zero attached hydrogens (tertiary/aromatic N) is 1. The molecular weight excluding hydrogens is 256 g/mol. The third kappa shape index (κ3) is 3.18. The van der Waals surface area contributed by atoms with Gasteiger partial charge in [0, 0.05) is 24.4 Å². The van der Waals surface area contributed by atoms with E-state index >= 15 is 0 Å². The first kappa shape index (κ1) is 14.9. The van der Waals surface area contributed by atoms with Crippen LogP contribution in [0.3, 0.4) is 0 Å². The molecule has 1 N–H and O–H groups in total. The lowest BCUT2D eigenvalue weighted by molar-refractivity contribution is -0.0980. The number of aryl methyl sites for hydroxylation is 2. The molecule has 0 aromatic carbocycles. The summed E-state index contributed by atoms with van der Waals surface area (Å²) in [6.45, 7) is 7.51. The number of ether oxygens (including phenoxy) is 1. The van der Waals surface area contributed by atoms with Gasteiger partial charge in [-0.1, -0.05) is 6.92 Å². The number of methoxy groups -OCH3 is 1. The maximum atomic E-state index is 5.86. The Morgan fingerprint density at radius 1 is 1.42 bits per heavy atom. The summed E-state index contributed by atoms with van der Waals surface area (Å²) in [5, 5.41) is 4.92. The predicted octanol–water partition coefficient (Wildman–Crippen LogP) is 3.24. The van der Waals surface area contributed by atoms with Gasteiger partial charge in [0.1, 0.15) is 0 Å². The molecule has 1 aliphatic carbocycles. The van der Waals surface area contributed by atoms with Crippen LogP contribution in [0.2, 0.25) is 0 Å². The summed E-state index contributed by atoms with van der Waals surface area (Å²) < 4.78 is 5.86. The van der Waals surface area contributed by atoms with Gasteiger partial charge in [-0.05, 0) is 46.1 Å². The van der Waals surface area contributed by atoms with Gasteiger partial charge in [0.05, 0.1) is 16.3 Å². The van der Waals surface area contributed by atoms with Crippen LogP contribution >= 0.6 is 11.3 Å². The molecule has 1 unspecified atom stereocenters. The highest BCUT2D eigenvalue weighted by molar-refractivity contribution is 7.11. The molecule has 1 atom stereocenters. The van der Waals surface area contributed by atoms with Crippen molar-refractivity contribution < 1.29 is 4.74 Å². The highest BCUT2D eigenvalue weighted by Crippen LogP contribution is 2.39. The highest BCUT2D eigenvalue weighted by Gasteiger charge is 2.44. The van der Waals surface area contributed by atoms with Crippen LogP contribution in [-0.2, 0) is 11.2 Å². The largest absolute Gasteiger partial charge is 0.377 e. The average Bonchev–Trinajstić information content (AvgIpc) is 2.64. The second-order valence-corrected chi connectivity index (χ2v) is 6.87. The van der Waals surface area contributed by atoms with Gasteiger partial charge in [-0.25, -0.2) is 4.98 Å². The van der Waals surface area contributed by atoms with Crippen LogP contribution in [0.5, 0.6) is 0 Å². The number of nitrogens with one attached hydrogen (secondary N) is 1. The number of hydrogen-bond acceptors (Lipinski definition) is 4. The molecule has 1 fully saturated rings. The van der Waals surface area contributed by atoms with Gasteiger partial charge >= 0.3 is 0 Å². The third-order valence-electron chi connectivity index (χ3n) is 4.33. The smallest absolute Gasteiger partial charge is 0.0947 e. The lowest BCUT2D eigenvalue weighted by Crippen LogP contribution is -2.57. The van der Waals surface area contributed by atoms with E-state index in [1.54, 1.807) is 0 Å². The molecular formula is C15H26N2OS. The van der Waals surface area contributed by atoms with Crippen LogP contribution in [0.25, 0.3) is 0 Å². The molecule has 1 aromatic rings. The van der Waals surface area contributed by atoms with Gasteiger partial charge in [0.2, 0.25) is 0 Å². The first-order chi connectivity index (χ1) is 9.11. The van der Waals surface area contributed by atoms with Crippen LogP contribution in [0.15, 0.2) is 0 Å². The van der Waals surface area contributed by atoms with Gasteiger partial charge < -0.3 is 10.1 Å². The molecule has 1 saturated carbocycles. The topological polar surface area (TPSA) is 34.2 Å². The summed E-state index contributed by atoms with van der Waals surface area (Å²) in [5.74, 6) is 0. The second kappa shape index (κ2) is 6.33. The van der Waals surface area contributed by atoms with E-state index in [2.05, 4.69) is 31.1 Å². The Morgan fingerprint density at radius 3 is 2.58 bits per heavy atom. The molecule has 1 aromatic heterocycles. The van der Waals surface area contributed by atoms with E-state index < -0.39 is 0 Å². The van der Waals surface area contributed by atoms with Crippen LogP contribution in [-0.4, -0.2) is 30.3 Å². The van der Waals surface area contributed by atoms with Crippen molar-refractivity contribution in [2.45, 2.75) is 64.5 Å². The number of thiazole rings is 1. The fraction of sp³-hybridized carbons (Fsp3) is 0.800. The van der Waals surface area contributed by atoms with Crippen LogP contribution in [0.4, 0.5) is 0 Å². The monoisotopic (exact) mass is 282 g/mol. The number of hydrogen-bond donors (Lipinski definition) is 1. The first-order valence-corrected chi connectivity index (χ1v) is 8.14. The molecule has 2 rings (SSSR count). The Morgan fingerprint density at radius 2 is 2.16 bits per heavy atom. The van der Waals surface area contributed by atoms with E-state index in [1.165, 1.54) is 34.8 Å². The fourth-order valence-corrected chi connectivity index (χ4v) is 3.76. The zero-order valence-corrected chi connectivity index (χ0v) is 13.4. The van der Waals surface area contributed by atoms with E-state index in [1.807, 2.05) is 18.4 Å². The average molecular weight is 282 g/mol. The van der Waals surface area contributed by atoms with Crippen molar-refractivity contribution in [3.05, 3.63) is 15.6 Å². The van der Waals surface area contributed by atoms with E-state index in [0.717, 1.165) is 19.4 Å². The Labute approximate surface area is 120 Å². The molecule has 0 saturated heterocycles. The minimum atomic E-state index is 0.0443. The molecule has 1 aliphatic rings. The maximum absolute atomic E-state index is 5.86. The molecule has 0 amide bonds. The Kier molecular flexibility index (Phi) is 4.98. The third-order valence-corrected chi connectivity index (χ3v) is 5.43. The quantitative estimate of drug-likeness (QED) is 0.833. The van der Waals surface area contributed by atoms with E-state index in [9.17, 15) is 0 Å². The zero-order chi connectivity index (χ0) is 13.9. The van der Waals surface area contributed by atoms with Gasteiger partial charge in [0.15, 0.2) is 0 Å². The summed E-state index contributed by atoms with van der Waals surface area (Å²) in [4.78, 5) is 6.02. The fourth-order valence-electron chi connectivity index (χ4n) is 2.78. The zero-order valence-electron chi connectivity index (χ0n) is 12.6. The maximum Gasteiger partial charge on any atom is 0.0947 e. The van der Waals surface area contributed by atoms with Gasteiger partial charge in [-0.15, -0.1) is 11.3 Å². The number of aromatic nitrogens is 1. The molecule has 0 radical (unpaired) electrons. The minimum absolute atomic E-state index is 0.0443. The van der Waals surface area contributed by atoms with Crippen molar-refractivity contribution in [1.29, 1.82) is 0 Å². The Bertz CT molecular complexity index is 387. The normalized spacial score (nSPS) is 19.2. The summed E-state index contributed by atoms with van der Waals surface area (Å²) in [6, 6.07) is 0.399. The SMILES string of the molecule is CCCNC(Cc1nc(C)c(C)s1)C1(OC)CCC1. The second-order valence-electron chi connectivity index (χ2n) is 5.58. The van der Waals surface area contributed by atoms with E-state index in [0.29, 0.717) is 6.04 Å². The standard InChI is InChI=1S/C15H26N2OS/c1-5-9-16-13(15(18-4)7-6-8-15)10-14-17-11(2)12(3)19-14/h13,16H,5-10H2,1-4H3.